The first kappa shape index (κ1) is 64.5. The van der Waals surface area contributed by atoms with Crippen LogP contribution in [0.4, 0.5) is 29.0 Å². The molecule has 6 atom stereocenters. The van der Waals surface area contributed by atoms with Gasteiger partial charge in [0.15, 0.2) is 16.9 Å². The lowest BCUT2D eigenvalue weighted by Crippen LogP contribution is -2.61. The summed E-state index contributed by atoms with van der Waals surface area (Å²) in [7, 11) is 10.1. The normalized spacial score (nSPS) is 30.4. The minimum Gasteiger partial charge on any atom is -0.497 e. The zero-order valence-electron chi connectivity index (χ0n) is 56.5. The van der Waals surface area contributed by atoms with Crippen molar-refractivity contribution >= 4 is 74.1 Å². The van der Waals surface area contributed by atoms with E-state index in [4.69, 9.17) is 41.5 Å². The number of benzene rings is 1. The Bertz CT molecular complexity index is 4580. The van der Waals surface area contributed by atoms with Crippen molar-refractivity contribution in [2.24, 2.45) is 56.7 Å². The molecule has 12 fully saturated rings. The summed E-state index contributed by atoms with van der Waals surface area (Å²) >= 11 is 5.99. The fourth-order valence-corrected chi connectivity index (χ4v) is 20.7. The number of hydrogen-bond acceptors (Lipinski definition) is 20. The number of pyridine rings is 2. The van der Waals surface area contributed by atoms with E-state index in [0.29, 0.717) is 112 Å². The summed E-state index contributed by atoms with van der Waals surface area (Å²) in [4.78, 5) is 75.2. The van der Waals surface area contributed by atoms with E-state index in [1.165, 1.54) is 6.42 Å². The summed E-state index contributed by atoms with van der Waals surface area (Å²) in [5.74, 6) is 5.64. The highest BCUT2D eigenvalue weighted by molar-refractivity contribution is 6.28. The van der Waals surface area contributed by atoms with Gasteiger partial charge in [-0.15, -0.1) is 0 Å². The maximum atomic E-state index is 13.4. The molecular formula is C70H86ClN17O9. The molecule has 9 aromatic rings. The van der Waals surface area contributed by atoms with Crippen molar-refractivity contribution in [2.75, 3.05) is 37.7 Å². The molecule has 512 valence electrons. The molecule has 0 amide bonds. The minimum absolute atomic E-state index is 0.0814. The second-order valence-electron chi connectivity index (χ2n) is 30.5. The van der Waals surface area contributed by atoms with Crippen LogP contribution in [0.25, 0.3) is 33.5 Å². The number of rotatable bonds is 10. The number of methoxy groups -OCH3 is 3. The smallest absolute Gasteiger partial charge is 0.330 e. The molecule has 12 bridgehead atoms. The molecule has 12 aliphatic carbocycles. The van der Waals surface area contributed by atoms with Gasteiger partial charge in [-0.2, -0.15) is 15.0 Å². The van der Waals surface area contributed by atoms with Crippen LogP contribution in [0, 0.1) is 56.3 Å². The third-order valence-corrected chi connectivity index (χ3v) is 23.5. The fraction of sp³-hybridized carbons (Fsp3) is 0.557. The van der Waals surface area contributed by atoms with Gasteiger partial charge in [-0.05, 0) is 218 Å². The summed E-state index contributed by atoms with van der Waals surface area (Å²) in [6.45, 7) is 5.87. The van der Waals surface area contributed by atoms with Crippen LogP contribution in [-0.4, -0.2) is 121 Å². The molecule has 8 heterocycles. The van der Waals surface area contributed by atoms with Crippen molar-refractivity contribution in [1.29, 1.82) is 0 Å². The number of fused-ring (bicyclic) bond motifs is 3. The van der Waals surface area contributed by atoms with Gasteiger partial charge in [-0.1, -0.05) is 0 Å². The highest BCUT2D eigenvalue weighted by atomic mass is 35.5. The van der Waals surface area contributed by atoms with Gasteiger partial charge in [0.1, 0.15) is 22.3 Å². The van der Waals surface area contributed by atoms with Crippen LogP contribution in [0.3, 0.4) is 0 Å². The predicted molar refractivity (Wildman–Crippen MR) is 366 cm³/mol. The summed E-state index contributed by atoms with van der Waals surface area (Å²) < 4.78 is 25.8. The summed E-state index contributed by atoms with van der Waals surface area (Å²) in [5.41, 5.74) is 11.6. The molecule has 7 N–H and O–H groups in total. The van der Waals surface area contributed by atoms with Gasteiger partial charge >= 0.3 is 17.1 Å². The summed E-state index contributed by atoms with van der Waals surface area (Å²) in [6, 6.07) is 9.29. The van der Waals surface area contributed by atoms with Crippen LogP contribution in [0.15, 0.2) is 75.7 Å². The number of imidazole rings is 3. The highest BCUT2D eigenvalue weighted by Crippen LogP contribution is 2.63. The monoisotopic (exact) mass is 1340 g/mol. The number of hydrogen-bond donors (Lipinski definition) is 6. The molecule has 21 rings (SSSR count). The Morgan fingerprint density at radius 3 is 1.14 bits per heavy atom. The first-order valence-electron chi connectivity index (χ1n) is 33.8. The van der Waals surface area contributed by atoms with Gasteiger partial charge < -0.3 is 45.9 Å². The molecule has 26 nitrogen and oxygen atoms in total. The van der Waals surface area contributed by atoms with Crippen LogP contribution in [-0.2, 0) is 37.8 Å². The lowest BCUT2D eigenvalue weighted by molar-refractivity contribution is -0.156. The maximum absolute atomic E-state index is 13.4. The Morgan fingerprint density at radius 1 is 0.474 bits per heavy atom. The van der Waals surface area contributed by atoms with Crippen LogP contribution in [0.2, 0.25) is 5.28 Å². The first-order valence-corrected chi connectivity index (χ1v) is 34.2. The average molecular weight is 1350 g/mol. The van der Waals surface area contributed by atoms with Crippen molar-refractivity contribution in [2.45, 2.75) is 170 Å². The standard InChI is InChI=1S/2C23H28N6O3.C16H19ClN4O2.C8H11NO/c2*1-13-4-18(32-3)24-10-16(13)26-20-25-11-17-19(27-20)29(21(30)28(17)2)22-6-14-5-15(7-22)9-23(31,8-14)12-22;1-20-11-7-18-13(17)19-12(11)21(14(20)22)15-3-9-2-10(4-15)6-16(23,5-9)8-15;1-6-5-7(10-2)3-4-8(6)9/h2*4,10-11,14-15,31H,5-9,12H2,1-3H3,(H,25,26,27);7,9-10,23H,2-6,8H2,1H3;3-5H,9H2,1-2H3. The molecule has 97 heavy (non-hydrogen) atoms. The van der Waals surface area contributed by atoms with Gasteiger partial charge in [0, 0.05) is 39.0 Å². The molecule has 27 heteroatoms. The molecule has 12 aliphatic rings. The van der Waals surface area contributed by atoms with Crippen molar-refractivity contribution in [3.63, 3.8) is 0 Å². The maximum Gasteiger partial charge on any atom is 0.330 e. The van der Waals surface area contributed by atoms with E-state index < -0.39 is 16.8 Å². The van der Waals surface area contributed by atoms with Crippen molar-refractivity contribution in [3.8, 4) is 17.5 Å². The fourth-order valence-electron chi connectivity index (χ4n) is 20.6. The van der Waals surface area contributed by atoms with E-state index in [9.17, 15) is 29.7 Å². The predicted octanol–water partition coefficient (Wildman–Crippen LogP) is 8.66. The molecule has 6 unspecified atom stereocenters. The number of aliphatic hydroxyl groups is 3. The quantitative estimate of drug-likeness (QED) is 0.0551. The largest absolute Gasteiger partial charge is 0.497 e. The van der Waals surface area contributed by atoms with Crippen LogP contribution < -0.4 is 47.6 Å². The number of nitrogens with zero attached hydrogens (tertiary/aromatic N) is 14. The van der Waals surface area contributed by atoms with E-state index >= 15 is 0 Å². The van der Waals surface area contributed by atoms with E-state index in [-0.39, 0.29) is 39.0 Å². The third-order valence-electron chi connectivity index (χ3n) is 23.4. The number of nitrogens with one attached hydrogen (secondary N) is 2. The molecule has 0 spiro atoms. The van der Waals surface area contributed by atoms with Crippen molar-refractivity contribution in [3.05, 3.63) is 115 Å². The topological polar surface area (TPSA) is 322 Å². The Labute approximate surface area is 564 Å². The Kier molecular flexibility index (Phi) is 15.5. The number of nitrogen functional groups attached to an aromatic ring is 1. The zero-order chi connectivity index (χ0) is 68.0. The molecule has 12 saturated carbocycles. The molecule has 0 aliphatic heterocycles. The molecule has 0 saturated heterocycles. The van der Waals surface area contributed by atoms with Gasteiger partial charge in [0.05, 0.1) is 97.1 Å². The van der Waals surface area contributed by atoms with E-state index in [2.05, 4.69) is 40.5 Å². The van der Waals surface area contributed by atoms with Gasteiger partial charge in [0.25, 0.3) is 0 Å². The van der Waals surface area contributed by atoms with Crippen molar-refractivity contribution in [1.82, 2.24) is 67.3 Å². The van der Waals surface area contributed by atoms with Gasteiger partial charge in [-0.3, -0.25) is 27.4 Å². The highest BCUT2D eigenvalue weighted by Gasteiger charge is 2.62. The SMILES string of the molecule is COc1cc(C)c(Nc2ncc3c(n2)n(C24CC5CC(CC(O)(C5)C2)C4)c(=O)n3C)cn1.COc1cc(C)c(Nc2ncc3c(n2)n(C24CC5CC(CC(O)(C5)C2)C4)c(=O)n3C)cn1.COc1ccc(N)c(C)c1.Cn1c(=O)n(C23CC4CC(CC(O)(C4)C2)C3)c2nc(Cl)ncc21. The Hall–Kier alpha value is -8.46. The lowest BCUT2D eigenvalue weighted by atomic mass is 9.51. The van der Waals surface area contributed by atoms with Crippen LogP contribution >= 0.6 is 11.6 Å². The molecule has 8 aromatic heterocycles. The van der Waals surface area contributed by atoms with Gasteiger partial charge in [-0.25, -0.2) is 39.3 Å². The Balaban J connectivity index is 0.000000112. The number of nitrogens with two attached hydrogens (primary N) is 1. The van der Waals surface area contributed by atoms with Crippen LogP contribution in [0.1, 0.15) is 132 Å². The van der Waals surface area contributed by atoms with E-state index in [1.54, 1.807) is 87.2 Å². The second-order valence-corrected chi connectivity index (χ2v) is 30.8. The zero-order valence-corrected chi connectivity index (χ0v) is 57.2. The number of aromatic nitrogens is 14. The molecule has 0 radical (unpaired) electrons. The van der Waals surface area contributed by atoms with Crippen molar-refractivity contribution < 1.29 is 29.5 Å². The average Bonchev–Trinajstić information content (AvgIpc) is 1.70. The third kappa shape index (κ3) is 11.2. The number of aryl methyl sites for hydroxylation is 6. The van der Waals surface area contributed by atoms with E-state index in [0.717, 1.165) is 129 Å². The van der Waals surface area contributed by atoms with Crippen LogP contribution in [0.5, 0.6) is 17.5 Å². The minimum atomic E-state index is -0.661. The lowest BCUT2D eigenvalue weighted by Gasteiger charge is -2.60. The second kappa shape index (κ2) is 23.4. The summed E-state index contributed by atoms with van der Waals surface area (Å²) in [6.07, 6.45) is 24.6. The number of halogens is 1. The number of ether oxygens (including phenoxy) is 3. The Morgan fingerprint density at radius 2 is 0.825 bits per heavy atom. The van der Waals surface area contributed by atoms with E-state index in [1.807, 2.05) is 64.8 Å². The van der Waals surface area contributed by atoms with Gasteiger partial charge in [0.2, 0.25) is 28.9 Å². The number of anilines is 5. The molecule has 1 aromatic carbocycles. The first-order chi connectivity index (χ1) is 46.2. The summed E-state index contributed by atoms with van der Waals surface area (Å²) in [5, 5.41) is 40.1. The molecular weight excluding hydrogens is 1260 g/mol.